The first-order valence-electron chi connectivity index (χ1n) is 4.96. The predicted octanol–water partition coefficient (Wildman–Crippen LogP) is 2.80. The van der Waals surface area contributed by atoms with Crippen LogP contribution in [0, 0.1) is 0 Å². The predicted molar refractivity (Wildman–Crippen MR) is 69.6 cm³/mol. The molecule has 0 aliphatic heterocycles. The van der Waals surface area contributed by atoms with Crippen LogP contribution in [0.15, 0.2) is 34.5 Å². The van der Waals surface area contributed by atoms with Crippen LogP contribution in [0.2, 0.25) is 0 Å². The van der Waals surface area contributed by atoms with Crippen molar-refractivity contribution in [3.05, 3.63) is 45.1 Å². The Morgan fingerprint density at radius 1 is 1.56 bits per heavy atom. The third kappa shape index (κ3) is 2.66. The van der Waals surface area contributed by atoms with E-state index in [9.17, 15) is 0 Å². The molecule has 84 valence electrons. The number of rotatable bonds is 4. The summed E-state index contributed by atoms with van der Waals surface area (Å²) in [6.45, 7) is 0. The lowest BCUT2D eigenvalue weighted by Gasteiger charge is -2.15. The molecular formula is C11H12BrN3S. The van der Waals surface area contributed by atoms with Crippen LogP contribution in [-0.4, -0.2) is 17.0 Å². The Labute approximate surface area is 107 Å². The smallest absolute Gasteiger partial charge is 0.0794 e. The van der Waals surface area contributed by atoms with E-state index in [1.165, 1.54) is 4.88 Å². The fourth-order valence-electron chi connectivity index (χ4n) is 1.53. The number of pyridine rings is 1. The first kappa shape index (κ1) is 11.7. The van der Waals surface area contributed by atoms with Gasteiger partial charge in [0.15, 0.2) is 0 Å². The van der Waals surface area contributed by atoms with Crippen molar-refractivity contribution < 1.29 is 0 Å². The van der Waals surface area contributed by atoms with Gasteiger partial charge in [-0.15, -0.1) is 11.3 Å². The lowest BCUT2D eigenvalue weighted by atomic mass is 10.1. The minimum absolute atomic E-state index is 0.219. The van der Waals surface area contributed by atoms with Crippen LogP contribution in [0.25, 0.3) is 0 Å². The summed E-state index contributed by atoms with van der Waals surface area (Å²) in [4.78, 5) is 9.75. The highest BCUT2D eigenvalue weighted by Gasteiger charge is 2.14. The molecule has 0 saturated heterocycles. The molecule has 2 rings (SSSR count). The Balaban J connectivity index is 2.20. The molecular weight excluding hydrogens is 286 g/mol. The first-order chi connectivity index (χ1) is 7.81. The fraction of sp³-hybridized carbons (Fsp3) is 0.273. The van der Waals surface area contributed by atoms with Gasteiger partial charge in [-0.05, 0) is 35.1 Å². The molecule has 0 radical (unpaired) electrons. The largest absolute Gasteiger partial charge is 0.311 e. The van der Waals surface area contributed by atoms with Gasteiger partial charge in [0.25, 0.3) is 0 Å². The first-order valence-corrected chi connectivity index (χ1v) is 6.63. The molecule has 5 heteroatoms. The van der Waals surface area contributed by atoms with Gasteiger partial charge in [-0.2, -0.15) is 0 Å². The lowest BCUT2D eigenvalue weighted by molar-refractivity contribution is 0.577. The molecule has 1 unspecified atom stereocenters. The van der Waals surface area contributed by atoms with Gasteiger partial charge in [0.1, 0.15) is 0 Å². The van der Waals surface area contributed by atoms with Crippen molar-refractivity contribution in [3.8, 4) is 0 Å². The zero-order valence-electron chi connectivity index (χ0n) is 8.85. The zero-order valence-corrected chi connectivity index (χ0v) is 11.3. The molecule has 0 fully saturated rings. The Hall–Kier alpha value is -0.780. The summed E-state index contributed by atoms with van der Waals surface area (Å²) in [6, 6.07) is 4.16. The van der Waals surface area contributed by atoms with Gasteiger partial charge in [0.2, 0.25) is 0 Å². The molecule has 1 atom stereocenters. The van der Waals surface area contributed by atoms with Crippen molar-refractivity contribution in [2.75, 3.05) is 7.05 Å². The van der Waals surface area contributed by atoms with Crippen molar-refractivity contribution in [1.82, 2.24) is 15.3 Å². The van der Waals surface area contributed by atoms with Gasteiger partial charge in [-0.1, -0.05) is 0 Å². The maximum Gasteiger partial charge on any atom is 0.0794 e. The second-order valence-corrected chi connectivity index (χ2v) is 5.21. The highest BCUT2D eigenvalue weighted by atomic mass is 79.9. The normalized spacial score (nSPS) is 12.6. The molecule has 0 amide bonds. The Bertz CT molecular complexity index is 444. The summed E-state index contributed by atoms with van der Waals surface area (Å²) < 4.78 is 1.04. The van der Waals surface area contributed by atoms with E-state index in [1.807, 2.05) is 37.1 Å². The van der Waals surface area contributed by atoms with Gasteiger partial charge >= 0.3 is 0 Å². The third-order valence-electron chi connectivity index (χ3n) is 2.35. The SMILES string of the molecule is CNC(Cc1cncs1)c1ncccc1Br. The Kier molecular flexibility index (Phi) is 4.04. The van der Waals surface area contributed by atoms with E-state index < -0.39 is 0 Å². The topological polar surface area (TPSA) is 37.8 Å². The van der Waals surface area contributed by atoms with Gasteiger partial charge < -0.3 is 5.32 Å². The van der Waals surface area contributed by atoms with Gasteiger partial charge in [-0.3, -0.25) is 9.97 Å². The zero-order chi connectivity index (χ0) is 11.4. The number of nitrogens with one attached hydrogen (secondary N) is 1. The van der Waals surface area contributed by atoms with Crippen molar-refractivity contribution in [2.45, 2.75) is 12.5 Å². The molecule has 0 aliphatic rings. The molecule has 1 N–H and O–H groups in total. The third-order valence-corrected chi connectivity index (χ3v) is 3.83. The monoisotopic (exact) mass is 297 g/mol. The van der Waals surface area contributed by atoms with Crippen LogP contribution >= 0.6 is 27.3 Å². The van der Waals surface area contributed by atoms with E-state index in [4.69, 9.17) is 0 Å². The van der Waals surface area contributed by atoms with E-state index >= 15 is 0 Å². The van der Waals surface area contributed by atoms with E-state index in [1.54, 1.807) is 11.3 Å². The fourth-order valence-corrected chi connectivity index (χ4v) is 2.71. The Morgan fingerprint density at radius 3 is 3.06 bits per heavy atom. The van der Waals surface area contributed by atoms with Crippen molar-refractivity contribution in [1.29, 1.82) is 0 Å². The van der Waals surface area contributed by atoms with Crippen molar-refractivity contribution >= 4 is 27.3 Å². The second kappa shape index (κ2) is 5.52. The number of hydrogen-bond donors (Lipinski definition) is 1. The molecule has 2 heterocycles. The molecule has 2 aromatic rings. The van der Waals surface area contributed by atoms with E-state index in [2.05, 4.69) is 31.2 Å². The minimum atomic E-state index is 0.219. The molecule has 0 bridgehead atoms. The number of thiazole rings is 1. The number of nitrogens with zero attached hydrogens (tertiary/aromatic N) is 2. The molecule has 0 spiro atoms. The summed E-state index contributed by atoms with van der Waals surface area (Å²) in [5.74, 6) is 0. The number of halogens is 1. The summed E-state index contributed by atoms with van der Waals surface area (Å²) >= 11 is 5.20. The highest BCUT2D eigenvalue weighted by molar-refractivity contribution is 9.10. The standard InChI is InChI=1S/C11H12BrN3S/c1-13-10(5-8-6-14-7-16-8)11-9(12)3-2-4-15-11/h2-4,6-7,10,13H,5H2,1H3. The van der Waals surface area contributed by atoms with E-state index in [0.717, 1.165) is 16.6 Å². The average molecular weight is 298 g/mol. The maximum absolute atomic E-state index is 4.40. The van der Waals surface area contributed by atoms with Crippen LogP contribution < -0.4 is 5.32 Å². The minimum Gasteiger partial charge on any atom is -0.311 e. The molecule has 2 aromatic heterocycles. The van der Waals surface area contributed by atoms with Crippen LogP contribution in [0.4, 0.5) is 0 Å². The highest BCUT2D eigenvalue weighted by Crippen LogP contribution is 2.24. The van der Waals surface area contributed by atoms with Gasteiger partial charge in [0.05, 0.1) is 17.2 Å². The van der Waals surface area contributed by atoms with Gasteiger partial charge in [0, 0.05) is 28.2 Å². The number of hydrogen-bond acceptors (Lipinski definition) is 4. The summed E-state index contributed by atoms with van der Waals surface area (Å²) in [5, 5.41) is 3.28. The summed E-state index contributed by atoms with van der Waals surface area (Å²) in [6.07, 6.45) is 4.64. The maximum atomic E-state index is 4.40. The number of aromatic nitrogens is 2. The second-order valence-electron chi connectivity index (χ2n) is 3.38. The molecule has 0 saturated carbocycles. The van der Waals surface area contributed by atoms with Crippen molar-refractivity contribution in [3.63, 3.8) is 0 Å². The summed E-state index contributed by atoms with van der Waals surface area (Å²) in [7, 11) is 1.95. The van der Waals surface area contributed by atoms with E-state index in [-0.39, 0.29) is 6.04 Å². The Morgan fingerprint density at radius 2 is 2.44 bits per heavy atom. The van der Waals surface area contributed by atoms with Gasteiger partial charge in [-0.25, -0.2) is 0 Å². The lowest BCUT2D eigenvalue weighted by Crippen LogP contribution is -2.20. The molecule has 0 aromatic carbocycles. The van der Waals surface area contributed by atoms with Crippen LogP contribution in [0.5, 0.6) is 0 Å². The molecule has 0 aliphatic carbocycles. The molecule has 16 heavy (non-hydrogen) atoms. The van der Waals surface area contributed by atoms with E-state index in [0.29, 0.717) is 0 Å². The van der Waals surface area contributed by atoms with Crippen LogP contribution in [0.1, 0.15) is 16.6 Å². The summed E-state index contributed by atoms with van der Waals surface area (Å²) in [5.41, 5.74) is 2.90. The van der Waals surface area contributed by atoms with Crippen LogP contribution in [0.3, 0.4) is 0 Å². The van der Waals surface area contributed by atoms with Crippen molar-refractivity contribution in [2.24, 2.45) is 0 Å². The quantitative estimate of drug-likeness (QED) is 0.943. The average Bonchev–Trinajstić information content (AvgIpc) is 2.80. The molecule has 3 nitrogen and oxygen atoms in total. The number of likely N-dealkylation sites (N-methyl/N-ethyl adjacent to an activating group) is 1. The van der Waals surface area contributed by atoms with Crippen LogP contribution in [-0.2, 0) is 6.42 Å².